The maximum atomic E-state index is 13.1. The Morgan fingerprint density at radius 3 is 2.78 bits per heavy atom. The van der Waals surface area contributed by atoms with Gasteiger partial charge in [0.25, 0.3) is 0 Å². The summed E-state index contributed by atoms with van der Waals surface area (Å²) in [7, 11) is 0. The third kappa shape index (κ3) is 3.99. The van der Waals surface area contributed by atoms with Crippen molar-refractivity contribution in [3.63, 3.8) is 0 Å². The van der Waals surface area contributed by atoms with Gasteiger partial charge in [0, 0.05) is 26.2 Å². The van der Waals surface area contributed by atoms with E-state index in [2.05, 4.69) is 30.4 Å². The number of piperazine rings is 1. The molecule has 1 aromatic carbocycles. The van der Waals surface area contributed by atoms with Crippen LogP contribution in [0.15, 0.2) is 36.7 Å². The molecule has 0 saturated carbocycles. The minimum absolute atomic E-state index is 0.180. The maximum Gasteiger partial charge on any atom is 0.238 e. The molecule has 0 unspecified atom stereocenters. The molecule has 8 nitrogen and oxygen atoms in total. The highest BCUT2D eigenvalue weighted by atomic mass is 35.5. The van der Waals surface area contributed by atoms with E-state index in [-0.39, 0.29) is 17.5 Å². The van der Waals surface area contributed by atoms with E-state index in [1.807, 2.05) is 12.1 Å². The average molecular weight is 390 g/mol. The number of halogens is 2. The van der Waals surface area contributed by atoms with Gasteiger partial charge in [-0.3, -0.25) is 9.69 Å². The number of benzene rings is 1. The smallest absolute Gasteiger partial charge is 0.238 e. The summed E-state index contributed by atoms with van der Waals surface area (Å²) < 4.78 is 14.7. The van der Waals surface area contributed by atoms with E-state index in [9.17, 15) is 9.18 Å². The molecule has 3 aromatic rings. The molecule has 0 bridgehead atoms. The molecular weight excluding hydrogens is 373 g/mol. The van der Waals surface area contributed by atoms with E-state index in [4.69, 9.17) is 11.6 Å². The Morgan fingerprint density at radius 2 is 2.00 bits per heavy atom. The van der Waals surface area contributed by atoms with E-state index in [1.165, 1.54) is 18.2 Å². The van der Waals surface area contributed by atoms with Crippen LogP contribution in [0.1, 0.15) is 0 Å². The molecule has 27 heavy (non-hydrogen) atoms. The minimum atomic E-state index is -0.438. The Balaban J connectivity index is 1.31. The SMILES string of the molecule is O=C(CN1CCN(c2ccc3nncn3n2)CC1)Nc1ccc(F)cc1Cl. The van der Waals surface area contributed by atoms with Crippen LogP contribution in [0.3, 0.4) is 0 Å². The summed E-state index contributed by atoms with van der Waals surface area (Å²) >= 11 is 5.94. The zero-order valence-electron chi connectivity index (χ0n) is 14.3. The summed E-state index contributed by atoms with van der Waals surface area (Å²) in [5.74, 6) is 0.234. The molecule has 1 amide bonds. The standard InChI is InChI=1S/C17H17ClFN7O/c18-13-9-12(19)1-2-14(13)21-17(27)10-24-5-7-25(8-6-24)16-4-3-15-22-20-11-26(15)23-16/h1-4,9,11H,5-8,10H2,(H,21,27). The summed E-state index contributed by atoms with van der Waals surface area (Å²) in [5.41, 5.74) is 1.11. The average Bonchev–Trinajstić information content (AvgIpc) is 3.12. The molecular formula is C17H17ClFN7O. The zero-order valence-corrected chi connectivity index (χ0v) is 15.1. The van der Waals surface area contributed by atoms with Gasteiger partial charge in [-0.1, -0.05) is 11.6 Å². The fraction of sp³-hybridized carbons (Fsp3) is 0.294. The monoisotopic (exact) mass is 389 g/mol. The number of amides is 1. The second kappa shape index (κ2) is 7.45. The van der Waals surface area contributed by atoms with Gasteiger partial charge in [-0.05, 0) is 30.3 Å². The lowest BCUT2D eigenvalue weighted by molar-refractivity contribution is -0.117. The van der Waals surface area contributed by atoms with Gasteiger partial charge in [-0.25, -0.2) is 4.39 Å². The molecule has 4 rings (SSSR count). The molecule has 1 aliphatic rings. The van der Waals surface area contributed by atoms with Crippen molar-refractivity contribution in [1.29, 1.82) is 0 Å². The first-order valence-electron chi connectivity index (χ1n) is 8.48. The lowest BCUT2D eigenvalue weighted by Gasteiger charge is -2.34. The number of aromatic nitrogens is 4. The zero-order chi connectivity index (χ0) is 18.8. The van der Waals surface area contributed by atoms with Crippen LogP contribution in [0, 0.1) is 5.82 Å². The highest BCUT2D eigenvalue weighted by molar-refractivity contribution is 6.33. The van der Waals surface area contributed by atoms with Crippen LogP contribution >= 0.6 is 11.6 Å². The van der Waals surface area contributed by atoms with E-state index < -0.39 is 5.82 Å². The third-order valence-electron chi connectivity index (χ3n) is 4.42. The van der Waals surface area contributed by atoms with Gasteiger partial charge in [0.05, 0.1) is 17.3 Å². The molecule has 10 heteroatoms. The number of fused-ring (bicyclic) bond motifs is 1. The number of carbonyl (C=O) groups excluding carboxylic acids is 1. The van der Waals surface area contributed by atoms with Crippen molar-refractivity contribution in [3.05, 3.63) is 47.5 Å². The Bertz CT molecular complexity index is 971. The van der Waals surface area contributed by atoms with Gasteiger partial charge in [0.2, 0.25) is 5.91 Å². The molecule has 0 radical (unpaired) electrons. The number of nitrogens with one attached hydrogen (secondary N) is 1. The Kier molecular flexibility index (Phi) is 4.87. The molecule has 3 heterocycles. The Hall–Kier alpha value is -2.78. The van der Waals surface area contributed by atoms with E-state index in [1.54, 1.807) is 10.8 Å². The van der Waals surface area contributed by atoms with E-state index in [0.29, 0.717) is 11.3 Å². The summed E-state index contributed by atoms with van der Waals surface area (Å²) in [6.07, 6.45) is 1.57. The largest absolute Gasteiger partial charge is 0.353 e. The van der Waals surface area contributed by atoms with Crippen LogP contribution in [-0.2, 0) is 4.79 Å². The summed E-state index contributed by atoms with van der Waals surface area (Å²) in [6, 6.07) is 7.69. The fourth-order valence-electron chi connectivity index (χ4n) is 3.01. The van der Waals surface area contributed by atoms with Crippen LogP contribution in [0.5, 0.6) is 0 Å². The van der Waals surface area contributed by atoms with Crippen molar-refractivity contribution < 1.29 is 9.18 Å². The van der Waals surface area contributed by atoms with E-state index >= 15 is 0 Å². The first-order valence-corrected chi connectivity index (χ1v) is 8.85. The van der Waals surface area contributed by atoms with Crippen molar-refractivity contribution in [2.24, 2.45) is 0 Å². The molecule has 0 spiro atoms. The number of carbonyl (C=O) groups is 1. The molecule has 0 aliphatic carbocycles. The van der Waals surface area contributed by atoms with Crippen molar-refractivity contribution in [2.75, 3.05) is 42.9 Å². The van der Waals surface area contributed by atoms with Crippen molar-refractivity contribution in [1.82, 2.24) is 24.7 Å². The highest BCUT2D eigenvalue weighted by Crippen LogP contribution is 2.22. The normalized spacial score (nSPS) is 15.3. The van der Waals surface area contributed by atoms with Crippen molar-refractivity contribution in [3.8, 4) is 0 Å². The van der Waals surface area contributed by atoms with Crippen LogP contribution in [0.25, 0.3) is 5.65 Å². The van der Waals surface area contributed by atoms with Crippen LogP contribution in [0.2, 0.25) is 5.02 Å². The highest BCUT2D eigenvalue weighted by Gasteiger charge is 2.20. The van der Waals surface area contributed by atoms with E-state index in [0.717, 1.165) is 32.0 Å². The minimum Gasteiger partial charge on any atom is -0.353 e. The second-order valence-corrected chi connectivity index (χ2v) is 6.67. The fourth-order valence-corrected chi connectivity index (χ4v) is 3.22. The van der Waals surface area contributed by atoms with Gasteiger partial charge >= 0.3 is 0 Å². The maximum absolute atomic E-state index is 13.1. The van der Waals surface area contributed by atoms with Crippen LogP contribution < -0.4 is 10.2 Å². The lowest BCUT2D eigenvalue weighted by atomic mass is 10.3. The molecule has 2 aromatic heterocycles. The number of nitrogens with zero attached hydrogens (tertiary/aromatic N) is 6. The van der Waals surface area contributed by atoms with Gasteiger partial charge in [-0.15, -0.1) is 15.3 Å². The van der Waals surface area contributed by atoms with Gasteiger partial charge in [0.1, 0.15) is 18.0 Å². The quantitative estimate of drug-likeness (QED) is 0.731. The van der Waals surface area contributed by atoms with Gasteiger partial charge in [0.15, 0.2) is 5.65 Å². The molecule has 1 N–H and O–H groups in total. The third-order valence-corrected chi connectivity index (χ3v) is 4.73. The summed E-state index contributed by atoms with van der Waals surface area (Å²) in [5, 5.41) is 15.2. The topological polar surface area (TPSA) is 78.7 Å². The molecule has 140 valence electrons. The van der Waals surface area contributed by atoms with Crippen molar-refractivity contribution in [2.45, 2.75) is 0 Å². The first kappa shape index (κ1) is 17.6. The van der Waals surface area contributed by atoms with Crippen LogP contribution in [0.4, 0.5) is 15.9 Å². The van der Waals surface area contributed by atoms with Gasteiger partial charge < -0.3 is 10.2 Å². The predicted molar refractivity (Wildman–Crippen MR) is 99.5 cm³/mol. The van der Waals surface area contributed by atoms with Crippen molar-refractivity contribution >= 4 is 34.7 Å². The van der Waals surface area contributed by atoms with Crippen LogP contribution in [-0.4, -0.2) is 63.3 Å². The summed E-state index contributed by atoms with van der Waals surface area (Å²) in [6.45, 7) is 3.22. The molecule has 1 aliphatic heterocycles. The number of hydrogen-bond acceptors (Lipinski definition) is 6. The molecule has 1 saturated heterocycles. The summed E-state index contributed by atoms with van der Waals surface area (Å²) in [4.78, 5) is 16.5. The first-order chi connectivity index (χ1) is 13.1. The Labute approximate surface area is 159 Å². The predicted octanol–water partition coefficient (Wildman–Crippen LogP) is 1.68. The number of hydrogen-bond donors (Lipinski definition) is 1. The Morgan fingerprint density at radius 1 is 1.19 bits per heavy atom. The number of anilines is 2. The lowest BCUT2D eigenvalue weighted by Crippen LogP contribution is -2.49. The molecule has 1 fully saturated rings. The second-order valence-electron chi connectivity index (χ2n) is 6.26. The number of rotatable bonds is 4. The molecule has 0 atom stereocenters. The van der Waals surface area contributed by atoms with Gasteiger partial charge in [-0.2, -0.15) is 4.52 Å².